The van der Waals surface area contributed by atoms with Crippen LogP contribution in [0.3, 0.4) is 0 Å². The maximum Gasteiger partial charge on any atom is 0.224 e. The summed E-state index contributed by atoms with van der Waals surface area (Å²) in [4.78, 5) is 25.3. The van der Waals surface area contributed by atoms with Crippen LogP contribution in [0.25, 0.3) is 0 Å². The summed E-state index contributed by atoms with van der Waals surface area (Å²) in [6.07, 6.45) is 0.460. The van der Waals surface area contributed by atoms with Gasteiger partial charge in [0.2, 0.25) is 11.9 Å². The zero-order valence-corrected chi connectivity index (χ0v) is 14.9. The molecule has 1 aromatic heterocycles. The number of aromatic nitrogens is 2. The first-order valence-electron chi connectivity index (χ1n) is 8.76. The summed E-state index contributed by atoms with van der Waals surface area (Å²) in [5.74, 6) is 0.781. The van der Waals surface area contributed by atoms with Gasteiger partial charge in [-0.25, -0.2) is 9.97 Å². The summed E-state index contributed by atoms with van der Waals surface area (Å²) in [5.41, 5.74) is 3.08. The van der Waals surface area contributed by atoms with Gasteiger partial charge in [-0.2, -0.15) is 0 Å². The number of hydrogen-bond donors (Lipinski definition) is 1. The Morgan fingerprint density at radius 1 is 1.04 bits per heavy atom. The van der Waals surface area contributed by atoms with Gasteiger partial charge in [0.15, 0.2) is 0 Å². The quantitative estimate of drug-likeness (QED) is 0.905. The number of carbonyl (C=O) groups is 1. The molecule has 1 amide bonds. The number of nitrogens with zero attached hydrogens (tertiary/aromatic N) is 4. The lowest BCUT2D eigenvalue weighted by atomic mass is 10.2. The Kier molecular flexibility index (Phi) is 5.48. The lowest BCUT2D eigenvalue weighted by Crippen LogP contribution is -2.49. The third-order valence-corrected chi connectivity index (χ3v) is 4.36. The van der Waals surface area contributed by atoms with Crippen LogP contribution in [-0.4, -0.2) is 53.5 Å². The number of amides is 1. The molecule has 0 atom stereocenters. The zero-order valence-electron chi connectivity index (χ0n) is 14.9. The van der Waals surface area contributed by atoms with Crippen LogP contribution in [0.2, 0.25) is 0 Å². The van der Waals surface area contributed by atoms with Crippen LogP contribution in [-0.2, 0) is 4.79 Å². The highest BCUT2D eigenvalue weighted by molar-refractivity contribution is 5.77. The van der Waals surface area contributed by atoms with Gasteiger partial charge in [0, 0.05) is 56.2 Å². The van der Waals surface area contributed by atoms with Crippen LogP contribution in [0.5, 0.6) is 0 Å². The average molecular weight is 339 g/mol. The SMILES string of the molecule is Cc1cc(C)nc(NCCC(=O)N2CCN(c3ccccc3)CC2)n1. The minimum Gasteiger partial charge on any atom is -0.368 e. The van der Waals surface area contributed by atoms with E-state index in [0.29, 0.717) is 18.9 Å². The second-order valence-electron chi connectivity index (χ2n) is 6.35. The molecule has 0 radical (unpaired) electrons. The van der Waals surface area contributed by atoms with Crippen molar-refractivity contribution in [2.75, 3.05) is 42.9 Å². The highest BCUT2D eigenvalue weighted by Gasteiger charge is 2.20. The van der Waals surface area contributed by atoms with Gasteiger partial charge in [-0.05, 0) is 32.0 Å². The van der Waals surface area contributed by atoms with Crippen LogP contribution >= 0.6 is 0 Å². The van der Waals surface area contributed by atoms with Gasteiger partial charge in [0.05, 0.1) is 0 Å². The predicted molar refractivity (Wildman–Crippen MR) is 99.8 cm³/mol. The van der Waals surface area contributed by atoms with Gasteiger partial charge >= 0.3 is 0 Å². The van der Waals surface area contributed by atoms with E-state index < -0.39 is 0 Å². The Balaban J connectivity index is 1.43. The van der Waals surface area contributed by atoms with Gasteiger partial charge < -0.3 is 15.1 Å². The Morgan fingerprint density at radius 2 is 1.68 bits per heavy atom. The molecule has 132 valence electrons. The van der Waals surface area contributed by atoms with Crippen molar-refractivity contribution in [2.24, 2.45) is 0 Å². The van der Waals surface area contributed by atoms with E-state index in [1.807, 2.05) is 43.0 Å². The molecule has 2 aromatic rings. The lowest BCUT2D eigenvalue weighted by molar-refractivity contribution is -0.131. The fourth-order valence-electron chi connectivity index (χ4n) is 3.10. The Bertz CT molecular complexity index is 691. The van der Waals surface area contributed by atoms with Crippen molar-refractivity contribution in [2.45, 2.75) is 20.3 Å². The molecule has 1 saturated heterocycles. The molecule has 1 N–H and O–H groups in total. The van der Waals surface area contributed by atoms with E-state index in [-0.39, 0.29) is 5.91 Å². The molecule has 1 aromatic carbocycles. The molecule has 2 heterocycles. The monoisotopic (exact) mass is 339 g/mol. The Hall–Kier alpha value is -2.63. The van der Waals surface area contributed by atoms with E-state index in [1.165, 1.54) is 5.69 Å². The van der Waals surface area contributed by atoms with Gasteiger partial charge in [-0.3, -0.25) is 4.79 Å². The molecule has 0 bridgehead atoms. The van der Waals surface area contributed by atoms with Gasteiger partial charge in [-0.15, -0.1) is 0 Å². The number of hydrogen-bond acceptors (Lipinski definition) is 5. The fraction of sp³-hybridized carbons (Fsp3) is 0.421. The fourth-order valence-corrected chi connectivity index (χ4v) is 3.10. The Labute approximate surface area is 148 Å². The molecule has 0 saturated carbocycles. The molecular weight excluding hydrogens is 314 g/mol. The molecule has 1 fully saturated rings. The number of piperazine rings is 1. The van der Waals surface area contributed by atoms with Gasteiger partial charge in [0.25, 0.3) is 0 Å². The average Bonchev–Trinajstić information content (AvgIpc) is 2.62. The number of rotatable bonds is 5. The largest absolute Gasteiger partial charge is 0.368 e. The van der Waals surface area contributed by atoms with Crippen molar-refractivity contribution in [3.05, 3.63) is 47.8 Å². The van der Waals surface area contributed by atoms with Crippen molar-refractivity contribution < 1.29 is 4.79 Å². The molecule has 0 aliphatic carbocycles. The normalized spacial score (nSPS) is 14.5. The minimum absolute atomic E-state index is 0.185. The van der Waals surface area contributed by atoms with Gasteiger partial charge in [-0.1, -0.05) is 18.2 Å². The predicted octanol–water partition coefficient (Wildman–Crippen LogP) is 2.24. The maximum absolute atomic E-state index is 12.4. The van der Waals surface area contributed by atoms with Gasteiger partial charge in [0.1, 0.15) is 0 Å². The van der Waals surface area contributed by atoms with Crippen LogP contribution in [0.1, 0.15) is 17.8 Å². The highest BCUT2D eigenvalue weighted by atomic mass is 16.2. The van der Waals surface area contributed by atoms with E-state index in [9.17, 15) is 4.79 Å². The van der Waals surface area contributed by atoms with Crippen LogP contribution in [0.4, 0.5) is 11.6 Å². The number of para-hydroxylation sites is 1. The van der Waals surface area contributed by atoms with Crippen molar-refractivity contribution in [1.82, 2.24) is 14.9 Å². The van der Waals surface area contributed by atoms with Crippen molar-refractivity contribution in [3.8, 4) is 0 Å². The maximum atomic E-state index is 12.4. The first-order chi connectivity index (χ1) is 12.1. The van der Waals surface area contributed by atoms with E-state index in [0.717, 1.165) is 37.6 Å². The smallest absolute Gasteiger partial charge is 0.224 e. The molecule has 0 unspecified atom stereocenters. The van der Waals surface area contributed by atoms with Crippen LogP contribution in [0.15, 0.2) is 36.4 Å². The van der Waals surface area contributed by atoms with Crippen LogP contribution < -0.4 is 10.2 Å². The summed E-state index contributed by atoms with van der Waals surface area (Å²) in [6, 6.07) is 12.3. The second-order valence-corrected chi connectivity index (χ2v) is 6.35. The molecular formula is C19H25N5O. The van der Waals surface area contributed by atoms with E-state index in [4.69, 9.17) is 0 Å². The standard InChI is InChI=1S/C19H25N5O/c1-15-14-16(2)22-19(21-15)20-9-8-18(25)24-12-10-23(11-13-24)17-6-4-3-5-7-17/h3-7,14H,8-13H2,1-2H3,(H,20,21,22). The summed E-state index contributed by atoms with van der Waals surface area (Å²) < 4.78 is 0. The number of anilines is 2. The Morgan fingerprint density at radius 3 is 2.32 bits per heavy atom. The number of nitrogens with one attached hydrogen (secondary N) is 1. The number of benzene rings is 1. The third-order valence-electron chi connectivity index (χ3n) is 4.36. The third kappa shape index (κ3) is 4.68. The summed E-state index contributed by atoms with van der Waals surface area (Å²) >= 11 is 0. The number of aryl methyl sites for hydroxylation is 2. The summed E-state index contributed by atoms with van der Waals surface area (Å²) in [5, 5.41) is 3.15. The lowest BCUT2D eigenvalue weighted by Gasteiger charge is -2.36. The molecule has 0 spiro atoms. The molecule has 1 aliphatic heterocycles. The number of carbonyl (C=O) groups excluding carboxylic acids is 1. The molecule has 25 heavy (non-hydrogen) atoms. The first kappa shape index (κ1) is 17.2. The van der Waals surface area contributed by atoms with E-state index in [1.54, 1.807) is 0 Å². The first-order valence-corrected chi connectivity index (χ1v) is 8.76. The summed E-state index contributed by atoms with van der Waals surface area (Å²) in [6.45, 7) is 7.74. The van der Waals surface area contributed by atoms with Crippen molar-refractivity contribution >= 4 is 17.5 Å². The van der Waals surface area contributed by atoms with Crippen LogP contribution in [0, 0.1) is 13.8 Å². The zero-order chi connectivity index (χ0) is 17.6. The molecule has 3 rings (SSSR count). The molecule has 6 heteroatoms. The summed E-state index contributed by atoms with van der Waals surface area (Å²) in [7, 11) is 0. The molecule has 1 aliphatic rings. The van der Waals surface area contributed by atoms with Crippen molar-refractivity contribution in [3.63, 3.8) is 0 Å². The van der Waals surface area contributed by atoms with E-state index >= 15 is 0 Å². The minimum atomic E-state index is 0.185. The second kappa shape index (κ2) is 7.96. The highest BCUT2D eigenvalue weighted by Crippen LogP contribution is 2.15. The topological polar surface area (TPSA) is 61.4 Å². The van der Waals surface area contributed by atoms with E-state index in [2.05, 4.69) is 32.3 Å². The van der Waals surface area contributed by atoms with Crippen molar-refractivity contribution in [1.29, 1.82) is 0 Å². The molecule has 6 nitrogen and oxygen atoms in total.